The van der Waals surface area contributed by atoms with Crippen molar-refractivity contribution in [2.75, 3.05) is 39.3 Å². The van der Waals surface area contributed by atoms with E-state index in [0.29, 0.717) is 0 Å². The zero-order valence-electron chi connectivity index (χ0n) is 15.2. The molecule has 0 spiro atoms. The van der Waals surface area contributed by atoms with Crippen LogP contribution in [0.5, 0.6) is 0 Å². The number of amides is 2. The number of piperazine rings is 1. The number of nitrogens with zero attached hydrogens (tertiary/aromatic N) is 3. The quantitative estimate of drug-likeness (QED) is 0.724. The molecule has 0 aromatic rings. The highest BCUT2D eigenvalue weighted by molar-refractivity contribution is 5.75. The average molecular weight is 340 g/mol. The number of hydrogen-bond acceptors (Lipinski definition) is 4. The molecule has 1 aliphatic heterocycles. The Morgan fingerprint density at radius 1 is 1.21 bits per heavy atom. The van der Waals surface area contributed by atoms with Crippen LogP contribution in [0, 0.1) is 0 Å². The zero-order chi connectivity index (χ0) is 17.7. The molecule has 0 aromatic heterocycles. The lowest BCUT2D eigenvalue weighted by Gasteiger charge is -2.45. The van der Waals surface area contributed by atoms with Crippen molar-refractivity contribution >= 4 is 12.0 Å². The molecule has 138 valence electrons. The van der Waals surface area contributed by atoms with Crippen molar-refractivity contribution in [1.82, 2.24) is 20.0 Å². The van der Waals surface area contributed by atoms with Crippen LogP contribution in [0.15, 0.2) is 0 Å². The van der Waals surface area contributed by atoms with E-state index < -0.39 is 5.97 Å². The van der Waals surface area contributed by atoms with Crippen molar-refractivity contribution < 1.29 is 14.7 Å². The maximum Gasteiger partial charge on any atom is 0.317 e. The van der Waals surface area contributed by atoms with Crippen molar-refractivity contribution in [3.8, 4) is 0 Å². The molecule has 0 bridgehead atoms. The lowest BCUT2D eigenvalue weighted by Crippen LogP contribution is -2.61. The summed E-state index contributed by atoms with van der Waals surface area (Å²) in [6.07, 6.45) is 2.66. The van der Waals surface area contributed by atoms with Gasteiger partial charge in [0.15, 0.2) is 0 Å². The third-order valence-corrected chi connectivity index (χ3v) is 5.45. The summed E-state index contributed by atoms with van der Waals surface area (Å²) in [6, 6.07) is 0.776. The monoisotopic (exact) mass is 340 g/mol. The molecule has 1 unspecified atom stereocenters. The highest BCUT2D eigenvalue weighted by Crippen LogP contribution is 2.26. The van der Waals surface area contributed by atoms with E-state index in [1.807, 2.05) is 16.7 Å². The number of hydrogen-bond donors (Lipinski definition) is 2. The molecule has 2 fully saturated rings. The first kappa shape index (κ1) is 19.0. The Bertz CT molecular complexity index is 440. The predicted octanol–water partition coefficient (Wildman–Crippen LogP) is 1.05. The van der Waals surface area contributed by atoms with Crippen LogP contribution >= 0.6 is 0 Å². The van der Waals surface area contributed by atoms with Gasteiger partial charge >= 0.3 is 12.0 Å². The lowest BCUT2D eigenvalue weighted by molar-refractivity contribution is -0.139. The van der Waals surface area contributed by atoms with Gasteiger partial charge in [0, 0.05) is 37.8 Å². The third-order valence-electron chi connectivity index (χ3n) is 5.45. The Kier molecular flexibility index (Phi) is 6.86. The standard InChI is InChI=1S/C17H32N4O3/c1-4-14-11-19(5-2)7-8-21(14)17(24)18-13-9-15(10-13)20(6-3)12-16(22)23/h13-15H,4-12H2,1-3H3,(H,18,24)(H,22,23). The summed E-state index contributed by atoms with van der Waals surface area (Å²) in [6.45, 7) is 10.8. The zero-order valence-corrected chi connectivity index (χ0v) is 15.2. The van der Waals surface area contributed by atoms with E-state index >= 15 is 0 Å². The lowest BCUT2D eigenvalue weighted by atomic mass is 9.85. The topological polar surface area (TPSA) is 76.1 Å². The Labute approximate surface area is 145 Å². The molecule has 7 heteroatoms. The Hall–Kier alpha value is -1.34. The van der Waals surface area contributed by atoms with E-state index in [4.69, 9.17) is 5.11 Å². The Morgan fingerprint density at radius 3 is 2.46 bits per heavy atom. The number of likely N-dealkylation sites (N-methyl/N-ethyl adjacent to an activating group) is 2. The van der Waals surface area contributed by atoms with Crippen molar-refractivity contribution in [1.29, 1.82) is 0 Å². The summed E-state index contributed by atoms with van der Waals surface area (Å²) in [5.74, 6) is -0.788. The van der Waals surface area contributed by atoms with Gasteiger partial charge in [0.25, 0.3) is 0 Å². The Morgan fingerprint density at radius 2 is 1.92 bits per heavy atom. The normalized spacial score (nSPS) is 27.8. The number of aliphatic carboxylic acids is 1. The van der Waals surface area contributed by atoms with Crippen molar-refractivity contribution in [3.05, 3.63) is 0 Å². The van der Waals surface area contributed by atoms with Gasteiger partial charge in [0.05, 0.1) is 6.54 Å². The van der Waals surface area contributed by atoms with Crippen LogP contribution in [-0.4, -0.2) is 89.2 Å². The summed E-state index contributed by atoms with van der Waals surface area (Å²) in [5.41, 5.74) is 0. The van der Waals surface area contributed by atoms with E-state index in [2.05, 4.69) is 24.1 Å². The maximum absolute atomic E-state index is 12.6. The molecule has 0 aromatic carbocycles. The van der Waals surface area contributed by atoms with Crippen LogP contribution in [0.2, 0.25) is 0 Å². The second-order valence-electron chi connectivity index (χ2n) is 6.88. The van der Waals surface area contributed by atoms with Gasteiger partial charge in [-0.2, -0.15) is 0 Å². The van der Waals surface area contributed by atoms with Crippen LogP contribution in [0.25, 0.3) is 0 Å². The van der Waals surface area contributed by atoms with E-state index in [9.17, 15) is 9.59 Å². The summed E-state index contributed by atoms with van der Waals surface area (Å²) >= 11 is 0. The van der Waals surface area contributed by atoms with Crippen LogP contribution in [0.1, 0.15) is 40.0 Å². The van der Waals surface area contributed by atoms with Crippen molar-refractivity contribution in [2.24, 2.45) is 0 Å². The molecule has 2 N–H and O–H groups in total. The van der Waals surface area contributed by atoms with E-state index in [1.165, 1.54) is 0 Å². The highest BCUT2D eigenvalue weighted by Gasteiger charge is 2.36. The van der Waals surface area contributed by atoms with Crippen molar-refractivity contribution in [3.63, 3.8) is 0 Å². The number of rotatable bonds is 7. The van der Waals surface area contributed by atoms with Gasteiger partial charge in [-0.3, -0.25) is 14.6 Å². The molecular weight excluding hydrogens is 308 g/mol. The van der Waals surface area contributed by atoms with Gasteiger partial charge < -0.3 is 15.3 Å². The molecule has 1 atom stereocenters. The molecule has 24 heavy (non-hydrogen) atoms. The number of carboxylic acid groups (broad SMARTS) is 1. The fourth-order valence-corrected chi connectivity index (χ4v) is 3.76. The summed E-state index contributed by atoms with van der Waals surface area (Å²) in [5, 5.41) is 12.1. The van der Waals surface area contributed by atoms with Crippen LogP contribution in [-0.2, 0) is 4.79 Å². The number of carboxylic acids is 1. The fourth-order valence-electron chi connectivity index (χ4n) is 3.76. The molecule has 1 heterocycles. The minimum atomic E-state index is -0.788. The van der Waals surface area contributed by atoms with Crippen LogP contribution in [0.3, 0.4) is 0 Å². The first-order chi connectivity index (χ1) is 11.5. The summed E-state index contributed by atoms with van der Waals surface area (Å²) in [7, 11) is 0. The third kappa shape index (κ3) is 4.60. The van der Waals surface area contributed by atoms with E-state index in [-0.39, 0.29) is 30.7 Å². The Balaban J connectivity index is 1.78. The predicted molar refractivity (Wildman–Crippen MR) is 93.1 cm³/mol. The molecule has 1 saturated carbocycles. The average Bonchev–Trinajstić information content (AvgIpc) is 2.54. The van der Waals surface area contributed by atoms with E-state index in [0.717, 1.165) is 52.0 Å². The molecule has 0 radical (unpaired) electrons. The molecule has 1 aliphatic carbocycles. The SMILES string of the molecule is CCC1CN(CC)CCN1C(=O)NC1CC(N(CC)CC(=O)O)C1. The van der Waals surface area contributed by atoms with Crippen LogP contribution in [0.4, 0.5) is 4.79 Å². The smallest absolute Gasteiger partial charge is 0.317 e. The minimum Gasteiger partial charge on any atom is -0.480 e. The van der Waals surface area contributed by atoms with Crippen LogP contribution < -0.4 is 5.32 Å². The molecular formula is C17H32N4O3. The molecule has 2 amide bonds. The molecule has 7 nitrogen and oxygen atoms in total. The van der Waals surface area contributed by atoms with Crippen molar-refractivity contribution in [2.45, 2.75) is 58.2 Å². The minimum absolute atomic E-state index is 0.0438. The summed E-state index contributed by atoms with van der Waals surface area (Å²) in [4.78, 5) is 29.8. The van der Waals surface area contributed by atoms with Gasteiger partial charge in [-0.1, -0.05) is 20.8 Å². The van der Waals surface area contributed by atoms with Gasteiger partial charge in [0.2, 0.25) is 0 Å². The second-order valence-corrected chi connectivity index (χ2v) is 6.88. The maximum atomic E-state index is 12.6. The summed E-state index contributed by atoms with van der Waals surface area (Å²) < 4.78 is 0. The van der Waals surface area contributed by atoms with E-state index in [1.54, 1.807) is 0 Å². The van der Waals surface area contributed by atoms with Gasteiger partial charge in [-0.15, -0.1) is 0 Å². The molecule has 2 aliphatic rings. The number of carbonyl (C=O) groups is 2. The molecule has 2 rings (SSSR count). The number of carbonyl (C=O) groups excluding carboxylic acids is 1. The number of nitrogens with one attached hydrogen (secondary N) is 1. The molecule has 1 saturated heterocycles. The largest absolute Gasteiger partial charge is 0.480 e. The first-order valence-corrected chi connectivity index (χ1v) is 9.23. The first-order valence-electron chi connectivity index (χ1n) is 9.23. The highest BCUT2D eigenvalue weighted by atomic mass is 16.4. The van der Waals surface area contributed by atoms with Gasteiger partial charge in [0.1, 0.15) is 0 Å². The second kappa shape index (κ2) is 8.67. The number of urea groups is 1. The van der Waals surface area contributed by atoms with Gasteiger partial charge in [-0.25, -0.2) is 4.79 Å². The van der Waals surface area contributed by atoms with Gasteiger partial charge in [-0.05, 0) is 32.4 Å². The fraction of sp³-hybridized carbons (Fsp3) is 0.882.